The zero-order valence-electron chi connectivity index (χ0n) is 18.3. The van der Waals surface area contributed by atoms with Gasteiger partial charge < -0.3 is 29.5 Å². The van der Waals surface area contributed by atoms with Gasteiger partial charge >= 0.3 is 0 Å². The molecule has 11 heteroatoms. The van der Waals surface area contributed by atoms with Gasteiger partial charge in [0.2, 0.25) is 0 Å². The largest absolute Gasteiger partial charge is 0.495 e. The van der Waals surface area contributed by atoms with E-state index in [4.69, 9.17) is 32.4 Å². The van der Waals surface area contributed by atoms with Crippen molar-refractivity contribution in [1.29, 1.82) is 0 Å². The van der Waals surface area contributed by atoms with Gasteiger partial charge in [0, 0.05) is 30.4 Å². The Labute approximate surface area is 207 Å². The van der Waals surface area contributed by atoms with Crippen molar-refractivity contribution in [2.75, 3.05) is 37.0 Å². The van der Waals surface area contributed by atoms with E-state index >= 15 is 0 Å². The molecule has 2 N–H and O–H groups in total. The number of methoxy groups -OCH3 is 1. The highest BCUT2D eigenvalue weighted by atomic mass is 35.5. The van der Waals surface area contributed by atoms with Gasteiger partial charge in [0.25, 0.3) is 0 Å². The zero-order valence-corrected chi connectivity index (χ0v) is 19.8. The molecule has 2 aliphatic rings. The maximum absolute atomic E-state index is 9.27. The van der Waals surface area contributed by atoms with Gasteiger partial charge in [-0.2, -0.15) is 0 Å². The molecule has 178 valence electrons. The van der Waals surface area contributed by atoms with Gasteiger partial charge in [0.15, 0.2) is 23.6 Å². The second-order valence-electron chi connectivity index (χ2n) is 7.90. The van der Waals surface area contributed by atoms with Gasteiger partial charge in [-0.1, -0.05) is 29.8 Å². The summed E-state index contributed by atoms with van der Waals surface area (Å²) in [5.41, 5.74) is 1.48. The number of nitrogens with one attached hydrogen (secondary N) is 1. The van der Waals surface area contributed by atoms with Crippen molar-refractivity contribution in [3.8, 4) is 5.75 Å². The first-order chi connectivity index (χ1) is 16.1. The van der Waals surface area contributed by atoms with Gasteiger partial charge in [-0.05, 0) is 23.8 Å². The molecule has 3 heterocycles. The Morgan fingerprint density at radius 1 is 1.18 bits per heavy atom. The number of benzene rings is 2. The Balaban J connectivity index is 0.00000274. The molecule has 0 amide bonds. The summed E-state index contributed by atoms with van der Waals surface area (Å²) >= 11 is 6.24. The van der Waals surface area contributed by atoms with Gasteiger partial charge in [0.1, 0.15) is 18.0 Å². The number of ether oxygens (including phenoxy) is 3. The number of hydrogen-bond acceptors (Lipinski definition) is 8. The Bertz CT molecular complexity index is 1220. The van der Waals surface area contributed by atoms with Crippen LogP contribution in [-0.4, -0.2) is 60.6 Å². The van der Waals surface area contributed by atoms with Gasteiger partial charge in [0.05, 0.1) is 25.3 Å². The lowest BCUT2D eigenvalue weighted by Gasteiger charge is -2.21. The molecule has 0 bridgehead atoms. The number of aliphatic hydroxyl groups excluding tert-OH is 1. The summed E-state index contributed by atoms with van der Waals surface area (Å²) in [4.78, 5) is 5.64. The summed E-state index contributed by atoms with van der Waals surface area (Å²) in [6.07, 6.45) is -0.817. The second kappa shape index (κ2) is 10.2. The van der Waals surface area contributed by atoms with Crippen LogP contribution in [0.2, 0.25) is 5.02 Å². The molecule has 9 nitrogen and oxygen atoms in total. The molecule has 2 saturated heterocycles. The fraction of sp³-hybridized carbons (Fsp3) is 0.348. The SMILES string of the molecule is Cl.[C-]#[N+]c1ccc2c(N3CC4OC(CO)OC4C3)nnc(NCc3ccc(OC)c(Cl)c3)c2c1. The molecule has 5 rings (SSSR count). The number of nitrogens with zero attached hydrogens (tertiary/aromatic N) is 4. The molecule has 2 aromatic carbocycles. The number of rotatable bonds is 6. The maximum Gasteiger partial charge on any atom is 0.188 e. The summed E-state index contributed by atoms with van der Waals surface area (Å²) in [7, 11) is 1.58. The van der Waals surface area contributed by atoms with Gasteiger partial charge in [-0.15, -0.1) is 22.6 Å². The third-order valence-electron chi connectivity index (χ3n) is 5.87. The highest BCUT2D eigenvalue weighted by Crippen LogP contribution is 2.36. The quantitative estimate of drug-likeness (QED) is 0.490. The molecule has 3 aromatic rings. The van der Waals surface area contributed by atoms with Crippen LogP contribution >= 0.6 is 24.0 Å². The summed E-state index contributed by atoms with van der Waals surface area (Å²) in [6, 6.07) is 11.1. The van der Waals surface area contributed by atoms with Crippen molar-refractivity contribution in [3.05, 3.63) is 58.4 Å². The number of anilines is 2. The monoisotopic (exact) mass is 503 g/mol. The van der Waals surface area contributed by atoms with Crippen molar-refractivity contribution in [2.24, 2.45) is 0 Å². The van der Waals surface area contributed by atoms with E-state index in [-0.39, 0.29) is 31.2 Å². The van der Waals surface area contributed by atoms with E-state index in [0.29, 0.717) is 47.7 Å². The predicted molar refractivity (Wildman–Crippen MR) is 131 cm³/mol. The highest BCUT2D eigenvalue weighted by Gasteiger charge is 2.43. The smallest absolute Gasteiger partial charge is 0.188 e. The van der Waals surface area contributed by atoms with E-state index in [1.165, 1.54) is 0 Å². The third-order valence-corrected chi connectivity index (χ3v) is 6.16. The number of aromatic nitrogens is 2. The van der Waals surface area contributed by atoms with E-state index in [1.54, 1.807) is 13.2 Å². The Morgan fingerprint density at radius 2 is 1.94 bits per heavy atom. The lowest BCUT2D eigenvalue weighted by molar-refractivity contribution is -0.0967. The molecule has 2 atom stereocenters. The fourth-order valence-corrected chi connectivity index (χ4v) is 4.53. The summed E-state index contributed by atoms with van der Waals surface area (Å²) < 4.78 is 16.7. The van der Waals surface area contributed by atoms with Crippen LogP contribution in [0.25, 0.3) is 15.6 Å². The van der Waals surface area contributed by atoms with E-state index in [2.05, 4.69) is 25.3 Å². The standard InChI is InChI=1S/C23H22ClN5O4.ClH/c1-25-14-4-5-15-16(8-14)22(26-9-13-3-6-18(31-2)17(24)7-13)27-28-23(15)29-10-19-20(11-29)33-21(12-30)32-19;/h3-8,19-21,30H,9-12H2,2H3,(H,26,27);1H. The molecule has 34 heavy (non-hydrogen) atoms. The van der Waals surface area contributed by atoms with Gasteiger partial charge in [-0.3, -0.25) is 0 Å². The van der Waals surface area contributed by atoms with E-state index in [9.17, 15) is 5.11 Å². The molecular weight excluding hydrogens is 481 g/mol. The minimum absolute atomic E-state index is 0. The normalized spacial score (nSPS) is 21.1. The minimum Gasteiger partial charge on any atom is -0.495 e. The van der Waals surface area contributed by atoms with Crippen LogP contribution in [0.15, 0.2) is 36.4 Å². The zero-order chi connectivity index (χ0) is 22.9. The lowest BCUT2D eigenvalue weighted by Crippen LogP contribution is -2.28. The first-order valence-electron chi connectivity index (χ1n) is 10.5. The number of aliphatic hydroxyl groups is 1. The van der Waals surface area contributed by atoms with E-state index in [0.717, 1.165) is 16.3 Å². The number of hydrogen-bond donors (Lipinski definition) is 2. The summed E-state index contributed by atoms with van der Waals surface area (Å²) in [5, 5.41) is 23.7. The molecule has 0 spiro atoms. The third kappa shape index (κ3) is 4.56. The van der Waals surface area contributed by atoms with Crippen LogP contribution in [0.5, 0.6) is 5.75 Å². The molecule has 2 aliphatic heterocycles. The van der Waals surface area contributed by atoms with Crippen molar-refractivity contribution >= 4 is 52.1 Å². The highest BCUT2D eigenvalue weighted by molar-refractivity contribution is 6.32. The predicted octanol–water partition coefficient (Wildman–Crippen LogP) is 3.80. The molecule has 2 unspecified atom stereocenters. The second-order valence-corrected chi connectivity index (χ2v) is 8.31. The van der Waals surface area contributed by atoms with Crippen LogP contribution in [0.1, 0.15) is 5.56 Å². The molecule has 1 aromatic heterocycles. The lowest BCUT2D eigenvalue weighted by atomic mass is 10.1. The number of fused-ring (bicyclic) bond motifs is 2. The van der Waals surface area contributed by atoms with E-state index < -0.39 is 6.29 Å². The van der Waals surface area contributed by atoms with Gasteiger partial charge in [-0.25, -0.2) is 4.85 Å². The van der Waals surface area contributed by atoms with E-state index in [1.807, 2.05) is 30.3 Å². The van der Waals surface area contributed by atoms with Crippen molar-refractivity contribution < 1.29 is 19.3 Å². The van der Waals surface area contributed by atoms with Crippen LogP contribution in [0, 0.1) is 6.57 Å². The topological polar surface area (TPSA) is 93.3 Å². The number of halogens is 2. The fourth-order valence-electron chi connectivity index (χ4n) is 4.25. The van der Waals surface area contributed by atoms with Crippen LogP contribution in [0.4, 0.5) is 17.3 Å². The average Bonchev–Trinajstić information content (AvgIpc) is 3.41. The van der Waals surface area contributed by atoms with Crippen LogP contribution < -0.4 is 15.0 Å². The Hall–Kier alpha value is -2.87. The van der Waals surface area contributed by atoms with Crippen molar-refractivity contribution in [3.63, 3.8) is 0 Å². The molecular formula is C23H23Cl2N5O4. The van der Waals surface area contributed by atoms with Crippen LogP contribution in [-0.2, 0) is 16.0 Å². The van der Waals surface area contributed by atoms with Crippen LogP contribution in [0.3, 0.4) is 0 Å². The molecule has 2 fully saturated rings. The van der Waals surface area contributed by atoms with Crippen molar-refractivity contribution in [2.45, 2.75) is 25.0 Å². The first kappa shape index (κ1) is 24.3. The first-order valence-corrected chi connectivity index (χ1v) is 10.9. The summed E-state index contributed by atoms with van der Waals surface area (Å²) in [5.74, 6) is 1.91. The summed E-state index contributed by atoms with van der Waals surface area (Å²) in [6.45, 7) is 8.91. The minimum atomic E-state index is -0.566. The Morgan fingerprint density at radius 3 is 2.59 bits per heavy atom. The Kier molecular flexibility index (Phi) is 7.26. The average molecular weight is 504 g/mol. The maximum atomic E-state index is 9.27. The molecule has 0 aliphatic carbocycles. The molecule has 0 radical (unpaired) electrons. The molecule has 0 saturated carbocycles. The van der Waals surface area contributed by atoms with Crippen molar-refractivity contribution in [1.82, 2.24) is 10.2 Å².